The van der Waals surface area contributed by atoms with Crippen molar-refractivity contribution in [2.24, 2.45) is 10.5 Å². The van der Waals surface area contributed by atoms with Gasteiger partial charge in [0, 0.05) is 16.1 Å². The van der Waals surface area contributed by atoms with Crippen molar-refractivity contribution < 1.29 is 27.5 Å². The van der Waals surface area contributed by atoms with Crippen molar-refractivity contribution in [1.82, 2.24) is 5.01 Å². The number of carbonyl (C=O) groups is 2. The number of carbonyl (C=O) groups excluding carboxylic acids is 2. The summed E-state index contributed by atoms with van der Waals surface area (Å²) in [4.78, 5) is 24.7. The molecule has 1 heterocycles. The molecule has 0 aliphatic carbocycles. The Morgan fingerprint density at radius 3 is 2.32 bits per heavy atom. The number of ether oxygens (including phenoxy) is 1. The highest BCUT2D eigenvalue weighted by molar-refractivity contribution is 6.30. The molecule has 1 unspecified atom stereocenters. The maximum absolute atomic E-state index is 12.7. The van der Waals surface area contributed by atoms with Crippen LogP contribution in [0.2, 0.25) is 5.02 Å². The first kappa shape index (κ1) is 22.6. The van der Waals surface area contributed by atoms with E-state index in [1.165, 1.54) is 7.11 Å². The predicted octanol–water partition coefficient (Wildman–Crippen LogP) is 5.18. The molecule has 31 heavy (non-hydrogen) atoms. The Morgan fingerprint density at radius 2 is 1.77 bits per heavy atom. The van der Waals surface area contributed by atoms with Gasteiger partial charge < -0.3 is 10.1 Å². The maximum Gasteiger partial charge on any atom is 0.416 e. The van der Waals surface area contributed by atoms with Crippen LogP contribution in [-0.2, 0) is 15.7 Å². The third kappa shape index (κ3) is 5.16. The number of hydrogen-bond acceptors (Lipinski definition) is 4. The van der Waals surface area contributed by atoms with Gasteiger partial charge in [0.1, 0.15) is 0 Å². The van der Waals surface area contributed by atoms with Crippen LogP contribution in [0.15, 0.2) is 53.6 Å². The van der Waals surface area contributed by atoms with Gasteiger partial charge in [0.25, 0.3) is 0 Å². The predicted molar refractivity (Wildman–Crippen MR) is 110 cm³/mol. The number of rotatable bonds is 4. The third-order valence-corrected chi connectivity index (χ3v) is 5.12. The standard InChI is InChI=1S/C21H19ClF3N3O3/c1-20(11-17(29)31-2)12-28(27-18(20)13-3-7-15(22)8-4-13)19(30)26-16-9-5-14(6-10-16)21(23,24)25/h3-10H,11-12H2,1-2H3,(H,26,30). The van der Waals surface area contributed by atoms with Crippen molar-refractivity contribution in [1.29, 1.82) is 0 Å². The monoisotopic (exact) mass is 453 g/mol. The van der Waals surface area contributed by atoms with Crippen LogP contribution in [-0.4, -0.2) is 36.4 Å². The molecule has 0 spiro atoms. The molecule has 1 aliphatic rings. The van der Waals surface area contributed by atoms with Crippen molar-refractivity contribution in [3.05, 3.63) is 64.7 Å². The second kappa shape index (κ2) is 8.58. The van der Waals surface area contributed by atoms with Crippen LogP contribution in [0.25, 0.3) is 0 Å². The zero-order valence-electron chi connectivity index (χ0n) is 16.7. The molecular weight excluding hydrogens is 435 g/mol. The van der Waals surface area contributed by atoms with Gasteiger partial charge in [-0.2, -0.15) is 18.3 Å². The molecular formula is C21H19ClF3N3O3. The number of methoxy groups -OCH3 is 1. The van der Waals surface area contributed by atoms with E-state index in [2.05, 4.69) is 10.4 Å². The number of benzene rings is 2. The van der Waals surface area contributed by atoms with Crippen LogP contribution >= 0.6 is 11.6 Å². The van der Waals surface area contributed by atoms with Gasteiger partial charge in [0.15, 0.2) is 0 Å². The number of anilines is 1. The number of hydrogen-bond donors (Lipinski definition) is 1. The summed E-state index contributed by atoms with van der Waals surface area (Å²) < 4.78 is 42.9. The molecule has 0 saturated heterocycles. The second-order valence-corrected chi connectivity index (χ2v) is 7.77. The Bertz CT molecular complexity index is 1010. The van der Waals surface area contributed by atoms with E-state index in [4.69, 9.17) is 16.3 Å². The molecule has 2 aromatic carbocycles. The highest BCUT2D eigenvalue weighted by Gasteiger charge is 2.43. The quantitative estimate of drug-likeness (QED) is 0.648. The van der Waals surface area contributed by atoms with Gasteiger partial charge in [0.2, 0.25) is 0 Å². The summed E-state index contributed by atoms with van der Waals surface area (Å²) in [7, 11) is 1.27. The highest BCUT2D eigenvalue weighted by atomic mass is 35.5. The normalized spacial score (nSPS) is 18.5. The zero-order chi connectivity index (χ0) is 22.8. The van der Waals surface area contributed by atoms with Crippen molar-refractivity contribution in [2.75, 3.05) is 19.0 Å². The summed E-state index contributed by atoms with van der Waals surface area (Å²) in [6.45, 7) is 1.86. The van der Waals surface area contributed by atoms with Crippen LogP contribution in [0.5, 0.6) is 0 Å². The molecule has 1 aliphatic heterocycles. The maximum atomic E-state index is 12.7. The molecule has 3 rings (SSSR count). The molecule has 0 radical (unpaired) electrons. The number of amides is 2. The second-order valence-electron chi connectivity index (χ2n) is 7.33. The Hall–Kier alpha value is -3.07. The Morgan fingerprint density at radius 1 is 1.16 bits per heavy atom. The minimum atomic E-state index is -4.47. The first-order valence-corrected chi connectivity index (χ1v) is 9.57. The molecule has 2 aromatic rings. The first-order chi connectivity index (χ1) is 14.5. The third-order valence-electron chi connectivity index (χ3n) is 4.87. The fourth-order valence-corrected chi connectivity index (χ4v) is 3.40. The van der Waals surface area contributed by atoms with Crippen LogP contribution in [0.3, 0.4) is 0 Å². The molecule has 10 heteroatoms. The average Bonchev–Trinajstić information content (AvgIpc) is 3.05. The largest absolute Gasteiger partial charge is 0.469 e. The van der Waals surface area contributed by atoms with E-state index in [0.717, 1.165) is 29.3 Å². The number of nitrogens with one attached hydrogen (secondary N) is 1. The number of urea groups is 1. The first-order valence-electron chi connectivity index (χ1n) is 9.19. The number of halogens is 4. The van der Waals surface area contributed by atoms with Gasteiger partial charge in [-0.1, -0.05) is 30.7 Å². The minimum absolute atomic E-state index is 0.0188. The van der Waals surface area contributed by atoms with Gasteiger partial charge in [-0.3, -0.25) is 4.79 Å². The zero-order valence-corrected chi connectivity index (χ0v) is 17.4. The fourth-order valence-electron chi connectivity index (χ4n) is 3.27. The van der Waals surface area contributed by atoms with Gasteiger partial charge in [-0.05, 0) is 42.0 Å². The molecule has 1 atom stereocenters. The van der Waals surface area contributed by atoms with Crippen molar-refractivity contribution in [2.45, 2.75) is 19.5 Å². The van der Waals surface area contributed by atoms with E-state index in [1.54, 1.807) is 31.2 Å². The van der Waals surface area contributed by atoms with Crippen molar-refractivity contribution in [3.63, 3.8) is 0 Å². The van der Waals surface area contributed by atoms with Crippen molar-refractivity contribution in [3.8, 4) is 0 Å². The Balaban J connectivity index is 1.84. The minimum Gasteiger partial charge on any atom is -0.469 e. The highest BCUT2D eigenvalue weighted by Crippen LogP contribution is 2.35. The Labute approximate surface area is 181 Å². The summed E-state index contributed by atoms with van der Waals surface area (Å²) in [6, 6.07) is 10.2. The van der Waals surface area contributed by atoms with Crippen LogP contribution < -0.4 is 5.32 Å². The molecule has 2 amide bonds. The molecule has 0 aromatic heterocycles. The number of esters is 1. The van der Waals surface area contributed by atoms with Crippen molar-refractivity contribution >= 4 is 35.0 Å². The number of alkyl halides is 3. The van der Waals surface area contributed by atoms with Gasteiger partial charge in [-0.25, -0.2) is 9.80 Å². The van der Waals surface area contributed by atoms with E-state index in [0.29, 0.717) is 16.3 Å². The smallest absolute Gasteiger partial charge is 0.416 e. The van der Waals surface area contributed by atoms with Crippen LogP contribution in [0, 0.1) is 5.41 Å². The summed E-state index contributed by atoms with van der Waals surface area (Å²) in [5.74, 6) is -0.464. The summed E-state index contributed by atoms with van der Waals surface area (Å²) in [5.41, 5.74) is -0.292. The SMILES string of the molecule is COC(=O)CC1(C)CN(C(=O)Nc2ccc(C(F)(F)F)cc2)N=C1c1ccc(Cl)cc1. The van der Waals surface area contributed by atoms with E-state index < -0.39 is 29.2 Å². The van der Waals surface area contributed by atoms with Gasteiger partial charge in [0.05, 0.1) is 31.4 Å². The molecule has 6 nitrogen and oxygen atoms in total. The fraction of sp³-hybridized carbons (Fsp3) is 0.286. The van der Waals surface area contributed by atoms with E-state index in [9.17, 15) is 22.8 Å². The number of hydrazone groups is 1. The van der Waals surface area contributed by atoms with Gasteiger partial charge >= 0.3 is 18.2 Å². The molecule has 0 fully saturated rings. The topological polar surface area (TPSA) is 71.0 Å². The molecule has 1 N–H and O–H groups in total. The lowest BCUT2D eigenvalue weighted by Crippen LogP contribution is -2.37. The van der Waals surface area contributed by atoms with Crippen LogP contribution in [0.1, 0.15) is 24.5 Å². The lowest BCUT2D eigenvalue weighted by atomic mass is 9.79. The van der Waals surface area contributed by atoms with E-state index in [-0.39, 0.29) is 18.7 Å². The summed E-state index contributed by atoms with van der Waals surface area (Å²) in [5, 5.41) is 8.58. The number of nitrogens with zero attached hydrogens (tertiary/aromatic N) is 2. The summed E-state index contributed by atoms with van der Waals surface area (Å²) in [6.07, 6.45) is -4.49. The molecule has 164 valence electrons. The van der Waals surface area contributed by atoms with Crippen LogP contribution in [0.4, 0.5) is 23.7 Å². The van der Waals surface area contributed by atoms with E-state index in [1.807, 2.05) is 0 Å². The lowest BCUT2D eigenvalue weighted by molar-refractivity contribution is -0.142. The summed E-state index contributed by atoms with van der Waals surface area (Å²) >= 11 is 5.95. The Kier molecular flexibility index (Phi) is 6.26. The molecule has 0 bridgehead atoms. The molecule has 0 saturated carbocycles. The van der Waals surface area contributed by atoms with Gasteiger partial charge in [-0.15, -0.1) is 0 Å². The van der Waals surface area contributed by atoms with E-state index >= 15 is 0 Å². The average molecular weight is 454 g/mol. The lowest BCUT2D eigenvalue weighted by Gasteiger charge is -2.25.